The first-order chi connectivity index (χ1) is 11.8. The van der Waals surface area contributed by atoms with E-state index in [9.17, 15) is 4.79 Å². The fourth-order valence-corrected chi connectivity index (χ4v) is 2.71. The van der Waals surface area contributed by atoms with Crippen molar-refractivity contribution in [2.45, 2.75) is 32.1 Å². The molecule has 1 aliphatic heterocycles. The number of rotatable bonds is 8. The molecular weight excluding hydrogens is 306 g/mol. The molecule has 0 fully saturated rings. The maximum atomic E-state index is 11.7. The van der Waals surface area contributed by atoms with Gasteiger partial charge in [0.15, 0.2) is 11.5 Å². The minimum atomic E-state index is 0.0747. The molecule has 24 heavy (non-hydrogen) atoms. The highest BCUT2D eigenvalue weighted by atomic mass is 16.6. The number of furan rings is 1. The fraction of sp³-hybridized carbons (Fsp3) is 0.421. The molecule has 0 saturated carbocycles. The molecular formula is C19H23NO4. The molecule has 0 bridgehead atoms. The molecule has 1 aromatic carbocycles. The van der Waals surface area contributed by atoms with Gasteiger partial charge in [-0.25, -0.2) is 0 Å². The SMILES string of the molecule is O=C(CCc1ccco1)NCCCCc1ccc2c(c1)OCCO2. The number of carbonyl (C=O) groups excluding carboxylic acids is 1. The number of carbonyl (C=O) groups is 1. The van der Waals surface area contributed by atoms with E-state index in [0.717, 1.165) is 36.5 Å². The van der Waals surface area contributed by atoms with E-state index in [2.05, 4.69) is 17.4 Å². The molecule has 5 heteroatoms. The lowest BCUT2D eigenvalue weighted by Crippen LogP contribution is -2.24. The first kappa shape index (κ1) is 16.4. The lowest BCUT2D eigenvalue weighted by Gasteiger charge is -2.18. The van der Waals surface area contributed by atoms with Crippen molar-refractivity contribution in [2.24, 2.45) is 0 Å². The van der Waals surface area contributed by atoms with E-state index in [0.29, 0.717) is 32.6 Å². The topological polar surface area (TPSA) is 60.7 Å². The molecule has 0 unspecified atom stereocenters. The molecule has 3 rings (SSSR count). The number of amides is 1. The first-order valence-corrected chi connectivity index (χ1v) is 8.49. The van der Waals surface area contributed by atoms with Gasteiger partial charge in [0.05, 0.1) is 6.26 Å². The molecule has 2 aromatic rings. The Morgan fingerprint density at radius 1 is 1.04 bits per heavy atom. The molecule has 2 heterocycles. The highest BCUT2D eigenvalue weighted by Gasteiger charge is 2.11. The van der Waals surface area contributed by atoms with Crippen molar-refractivity contribution in [3.8, 4) is 11.5 Å². The Hall–Kier alpha value is -2.43. The van der Waals surface area contributed by atoms with Crippen molar-refractivity contribution in [2.75, 3.05) is 19.8 Å². The van der Waals surface area contributed by atoms with Crippen LogP contribution >= 0.6 is 0 Å². The van der Waals surface area contributed by atoms with Crippen LogP contribution in [0.15, 0.2) is 41.0 Å². The average molecular weight is 329 g/mol. The monoisotopic (exact) mass is 329 g/mol. The van der Waals surface area contributed by atoms with Crippen LogP contribution in [0.4, 0.5) is 0 Å². The van der Waals surface area contributed by atoms with Crippen LogP contribution < -0.4 is 14.8 Å². The quantitative estimate of drug-likeness (QED) is 0.756. The molecule has 1 amide bonds. The number of aryl methyl sites for hydroxylation is 2. The number of hydrogen-bond acceptors (Lipinski definition) is 4. The minimum Gasteiger partial charge on any atom is -0.486 e. The third-order valence-electron chi connectivity index (χ3n) is 4.00. The number of benzene rings is 1. The highest BCUT2D eigenvalue weighted by molar-refractivity contribution is 5.76. The van der Waals surface area contributed by atoms with Crippen LogP contribution in [0.5, 0.6) is 11.5 Å². The Morgan fingerprint density at radius 3 is 2.75 bits per heavy atom. The summed E-state index contributed by atoms with van der Waals surface area (Å²) >= 11 is 0. The van der Waals surface area contributed by atoms with E-state index >= 15 is 0 Å². The molecule has 128 valence electrons. The summed E-state index contributed by atoms with van der Waals surface area (Å²) in [6.07, 6.45) is 5.70. The summed E-state index contributed by atoms with van der Waals surface area (Å²) < 4.78 is 16.3. The van der Waals surface area contributed by atoms with Gasteiger partial charge < -0.3 is 19.2 Å². The predicted molar refractivity (Wildman–Crippen MR) is 90.4 cm³/mol. The number of ether oxygens (including phenoxy) is 2. The summed E-state index contributed by atoms with van der Waals surface area (Å²) in [4.78, 5) is 11.7. The van der Waals surface area contributed by atoms with Gasteiger partial charge in [0, 0.05) is 19.4 Å². The lowest BCUT2D eigenvalue weighted by atomic mass is 10.1. The number of unbranched alkanes of at least 4 members (excludes halogenated alkanes) is 1. The molecule has 1 aromatic heterocycles. The molecule has 0 aliphatic carbocycles. The molecule has 0 saturated heterocycles. The van der Waals surface area contributed by atoms with Crippen molar-refractivity contribution < 1.29 is 18.7 Å². The summed E-state index contributed by atoms with van der Waals surface area (Å²) in [5.74, 6) is 2.59. The summed E-state index contributed by atoms with van der Waals surface area (Å²) in [7, 11) is 0. The van der Waals surface area contributed by atoms with E-state index in [4.69, 9.17) is 13.9 Å². The normalized spacial score (nSPS) is 12.8. The standard InChI is InChI=1S/C19H23NO4/c21-19(9-7-16-5-3-11-22-16)20-10-2-1-4-15-6-8-17-18(14-15)24-13-12-23-17/h3,5-6,8,11,14H,1-2,4,7,9-10,12-13H2,(H,20,21). The van der Waals surface area contributed by atoms with E-state index in [-0.39, 0.29) is 5.91 Å². The fourth-order valence-electron chi connectivity index (χ4n) is 2.71. The second-order valence-electron chi connectivity index (χ2n) is 5.86. The maximum absolute atomic E-state index is 11.7. The zero-order valence-corrected chi connectivity index (χ0v) is 13.8. The van der Waals surface area contributed by atoms with Gasteiger partial charge in [-0.2, -0.15) is 0 Å². The summed E-state index contributed by atoms with van der Waals surface area (Å²) in [5, 5.41) is 2.96. The first-order valence-electron chi connectivity index (χ1n) is 8.49. The Morgan fingerprint density at radius 2 is 1.92 bits per heavy atom. The lowest BCUT2D eigenvalue weighted by molar-refractivity contribution is -0.121. The van der Waals surface area contributed by atoms with Crippen LogP contribution in [0.25, 0.3) is 0 Å². The predicted octanol–water partition coefficient (Wildman–Crippen LogP) is 3.12. The second-order valence-corrected chi connectivity index (χ2v) is 5.86. The van der Waals surface area contributed by atoms with Gasteiger partial charge in [0.25, 0.3) is 0 Å². The molecule has 0 radical (unpaired) electrons. The largest absolute Gasteiger partial charge is 0.486 e. The molecule has 1 N–H and O–H groups in total. The Bertz CT molecular complexity index is 651. The minimum absolute atomic E-state index is 0.0747. The van der Waals surface area contributed by atoms with E-state index in [1.165, 1.54) is 5.56 Å². The molecule has 0 spiro atoms. The van der Waals surface area contributed by atoms with E-state index in [1.807, 2.05) is 18.2 Å². The van der Waals surface area contributed by atoms with Gasteiger partial charge in [-0.1, -0.05) is 6.07 Å². The zero-order valence-electron chi connectivity index (χ0n) is 13.8. The van der Waals surface area contributed by atoms with Crippen molar-refractivity contribution in [1.29, 1.82) is 0 Å². The van der Waals surface area contributed by atoms with Crippen molar-refractivity contribution >= 4 is 5.91 Å². The van der Waals surface area contributed by atoms with Gasteiger partial charge >= 0.3 is 0 Å². The number of hydrogen-bond donors (Lipinski definition) is 1. The highest BCUT2D eigenvalue weighted by Crippen LogP contribution is 2.31. The van der Waals surface area contributed by atoms with Crippen molar-refractivity contribution in [1.82, 2.24) is 5.32 Å². The zero-order chi connectivity index (χ0) is 16.6. The smallest absolute Gasteiger partial charge is 0.220 e. The second kappa shape index (κ2) is 8.43. The molecule has 1 aliphatic rings. The molecule has 5 nitrogen and oxygen atoms in total. The summed E-state index contributed by atoms with van der Waals surface area (Å²) in [5.41, 5.74) is 1.24. The van der Waals surface area contributed by atoms with Crippen molar-refractivity contribution in [3.05, 3.63) is 47.9 Å². The third-order valence-corrected chi connectivity index (χ3v) is 4.00. The van der Waals surface area contributed by atoms with Gasteiger partial charge in [-0.15, -0.1) is 0 Å². The maximum Gasteiger partial charge on any atom is 0.220 e. The van der Waals surface area contributed by atoms with E-state index in [1.54, 1.807) is 6.26 Å². The van der Waals surface area contributed by atoms with Crippen LogP contribution in [0.3, 0.4) is 0 Å². The van der Waals surface area contributed by atoms with Gasteiger partial charge in [0.2, 0.25) is 5.91 Å². The van der Waals surface area contributed by atoms with Crippen LogP contribution in [0.1, 0.15) is 30.6 Å². The Kier molecular flexibility index (Phi) is 5.77. The Labute approximate surface area is 141 Å². The number of nitrogens with one attached hydrogen (secondary N) is 1. The van der Waals surface area contributed by atoms with E-state index < -0.39 is 0 Å². The summed E-state index contributed by atoms with van der Waals surface area (Å²) in [6, 6.07) is 9.83. The third kappa shape index (κ3) is 4.78. The number of fused-ring (bicyclic) bond motifs is 1. The van der Waals surface area contributed by atoms with Gasteiger partial charge in [-0.3, -0.25) is 4.79 Å². The summed E-state index contributed by atoms with van der Waals surface area (Å²) in [6.45, 7) is 1.94. The average Bonchev–Trinajstić information content (AvgIpc) is 3.13. The van der Waals surface area contributed by atoms with Crippen LogP contribution in [-0.2, 0) is 17.6 Å². The molecule has 0 atom stereocenters. The van der Waals surface area contributed by atoms with Crippen molar-refractivity contribution in [3.63, 3.8) is 0 Å². The van der Waals surface area contributed by atoms with Crippen LogP contribution in [0.2, 0.25) is 0 Å². The van der Waals surface area contributed by atoms with Crippen LogP contribution in [0, 0.1) is 0 Å². The Balaban J connectivity index is 1.30. The van der Waals surface area contributed by atoms with Gasteiger partial charge in [0.1, 0.15) is 19.0 Å². The van der Waals surface area contributed by atoms with Gasteiger partial charge in [-0.05, 0) is 49.1 Å². The van der Waals surface area contributed by atoms with Crippen LogP contribution in [-0.4, -0.2) is 25.7 Å².